The molecule has 0 unspecified atom stereocenters. The molecule has 28 heavy (non-hydrogen) atoms. The Labute approximate surface area is 166 Å². The summed E-state index contributed by atoms with van der Waals surface area (Å²) in [6, 6.07) is 12.8. The summed E-state index contributed by atoms with van der Waals surface area (Å²) >= 11 is 5.87. The number of hydrogen-bond acceptors (Lipinski definition) is 6. The number of nitrogen functional groups attached to an aromatic ring is 1. The summed E-state index contributed by atoms with van der Waals surface area (Å²) in [4.78, 5) is 12.4. The van der Waals surface area contributed by atoms with E-state index in [1.54, 1.807) is 18.2 Å². The van der Waals surface area contributed by atoms with E-state index in [0.717, 1.165) is 5.56 Å². The molecule has 1 aliphatic heterocycles. The molecule has 0 bridgehead atoms. The highest BCUT2D eigenvalue weighted by Crippen LogP contribution is 2.32. The van der Waals surface area contributed by atoms with Crippen LogP contribution in [0.25, 0.3) is 5.69 Å². The van der Waals surface area contributed by atoms with Gasteiger partial charge in [0.2, 0.25) is 0 Å². The third-order valence-electron chi connectivity index (χ3n) is 4.30. The first-order valence-electron chi connectivity index (χ1n) is 8.75. The topological polar surface area (TPSA) is 104 Å². The number of benzene rings is 2. The lowest BCUT2D eigenvalue weighted by Gasteiger charge is -2.18. The Kier molecular flexibility index (Phi) is 5.03. The smallest absolute Gasteiger partial charge is 0.275 e. The Balaban J connectivity index is 1.44. The van der Waals surface area contributed by atoms with Gasteiger partial charge in [0, 0.05) is 17.6 Å². The molecule has 0 atom stereocenters. The summed E-state index contributed by atoms with van der Waals surface area (Å²) < 4.78 is 12.5. The lowest BCUT2D eigenvalue weighted by molar-refractivity contribution is 0.0950. The first-order chi connectivity index (χ1) is 13.6. The van der Waals surface area contributed by atoms with Gasteiger partial charge in [-0.15, -0.1) is 5.10 Å². The monoisotopic (exact) mass is 399 g/mol. The van der Waals surface area contributed by atoms with E-state index in [1.165, 1.54) is 4.68 Å². The van der Waals surface area contributed by atoms with Gasteiger partial charge in [-0.1, -0.05) is 28.9 Å². The van der Waals surface area contributed by atoms with E-state index in [2.05, 4.69) is 15.6 Å². The van der Waals surface area contributed by atoms with Crippen LogP contribution in [0.1, 0.15) is 16.1 Å². The fourth-order valence-electron chi connectivity index (χ4n) is 2.86. The lowest BCUT2D eigenvalue weighted by atomic mass is 10.1. The van der Waals surface area contributed by atoms with Crippen molar-refractivity contribution in [3.8, 4) is 17.2 Å². The maximum absolute atomic E-state index is 12.4. The molecule has 0 radical (unpaired) electrons. The third kappa shape index (κ3) is 3.72. The van der Waals surface area contributed by atoms with Gasteiger partial charge in [0.05, 0.1) is 5.69 Å². The van der Waals surface area contributed by atoms with Gasteiger partial charge in [0.1, 0.15) is 13.2 Å². The van der Waals surface area contributed by atoms with Crippen LogP contribution in [-0.4, -0.2) is 40.7 Å². The first-order valence-corrected chi connectivity index (χ1v) is 9.13. The van der Waals surface area contributed by atoms with Crippen molar-refractivity contribution in [2.75, 3.05) is 25.5 Å². The van der Waals surface area contributed by atoms with Gasteiger partial charge < -0.3 is 20.5 Å². The summed E-state index contributed by atoms with van der Waals surface area (Å²) in [5, 5.41) is 11.4. The lowest BCUT2D eigenvalue weighted by Crippen LogP contribution is -2.27. The van der Waals surface area contributed by atoms with E-state index in [4.69, 9.17) is 26.8 Å². The van der Waals surface area contributed by atoms with Crippen molar-refractivity contribution in [1.82, 2.24) is 20.3 Å². The summed E-state index contributed by atoms with van der Waals surface area (Å²) in [6.07, 6.45) is 0.666. The predicted molar refractivity (Wildman–Crippen MR) is 104 cm³/mol. The van der Waals surface area contributed by atoms with E-state index in [1.807, 2.05) is 24.3 Å². The van der Waals surface area contributed by atoms with Crippen molar-refractivity contribution >= 4 is 23.3 Å². The minimum Gasteiger partial charge on any atom is -0.486 e. The van der Waals surface area contributed by atoms with Gasteiger partial charge in [-0.2, -0.15) is 4.68 Å². The molecule has 2 heterocycles. The third-order valence-corrected chi connectivity index (χ3v) is 4.55. The Bertz CT molecular complexity index is 1000. The first kappa shape index (κ1) is 18.1. The Morgan fingerprint density at radius 3 is 2.68 bits per heavy atom. The maximum Gasteiger partial charge on any atom is 0.275 e. The quantitative estimate of drug-likeness (QED) is 0.681. The normalized spacial score (nSPS) is 12.6. The van der Waals surface area contributed by atoms with Gasteiger partial charge in [0.15, 0.2) is 23.0 Å². The van der Waals surface area contributed by atoms with Crippen LogP contribution in [0, 0.1) is 0 Å². The molecule has 8 nitrogen and oxygen atoms in total. The molecule has 0 spiro atoms. The molecule has 1 aromatic heterocycles. The molecule has 2 aromatic carbocycles. The van der Waals surface area contributed by atoms with Gasteiger partial charge in [-0.05, 0) is 36.2 Å². The second-order valence-electron chi connectivity index (χ2n) is 6.20. The van der Waals surface area contributed by atoms with Gasteiger partial charge in [0.25, 0.3) is 5.91 Å². The number of rotatable bonds is 5. The molecule has 9 heteroatoms. The number of anilines is 1. The number of fused-ring (bicyclic) bond motifs is 1. The fraction of sp³-hybridized carbons (Fsp3) is 0.211. The van der Waals surface area contributed by atoms with Crippen LogP contribution in [0.5, 0.6) is 11.5 Å². The molecule has 3 aromatic rings. The van der Waals surface area contributed by atoms with Crippen molar-refractivity contribution in [2.45, 2.75) is 6.42 Å². The zero-order valence-corrected chi connectivity index (χ0v) is 15.6. The molecular weight excluding hydrogens is 382 g/mol. The Morgan fingerprint density at radius 2 is 1.89 bits per heavy atom. The van der Waals surface area contributed by atoms with Crippen LogP contribution in [-0.2, 0) is 6.42 Å². The molecule has 4 rings (SSSR count). The van der Waals surface area contributed by atoms with E-state index < -0.39 is 0 Å². The minimum absolute atomic E-state index is 0.0750. The Hall–Kier alpha value is -3.26. The number of ether oxygens (including phenoxy) is 2. The zero-order chi connectivity index (χ0) is 19.5. The average Bonchev–Trinajstić information content (AvgIpc) is 3.10. The highest BCUT2D eigenvalue weighted by Gasteiger charge is 2.20. The van der Waals surface area contributed by atoms with Crippen LogP contribution < -0.4 is 20.5 Å². The zero-order valence-electron chi connectivity index (χ0n) is 14.9. The van der Waals surface area contributed by atoms with Crippen molar-refractivity contribution in [2.24, 2.45) is 0 Å². The molecule has 0 saturated carbocycles. The van der Waals surface area contributed by atoms with Gasteiger partial charge >= 0.3 is 0 Å². The SMILES string of the molecule is Nc1c(C(=O)NCCc2ccc(Cl)cc2)nnn1-c1ccc2c(c1)OCCO2. The van der Waals surface area contributed by atoms with Crippen molar-refractivity contribution in [1.29, 1.82) is 0 Å². The van der Waals surface area contributed by atoms with Crippen LogP contribution in [0.2, 0.25) is 5.02 Å². The van der Waals surface area contributed by atoms with E-state index in [9.17, 15) is 4.79 Å². The number of aromatic nitrogens is 3. The van der Waals surface area contributed by atoms with Gasteiger partial charge in [-0.25, -0.2) is 0 Å². The summed E-state index contributed by atoms with van der Waals surface area (Å²) in [5.74, 6) is 1.04. The molecule has 1 amide bonds. The van der Waals surface area contributed by atoms with E-state index >= 15 is 0 Å². The number of nitrogens with one attached hydrogen (secondary N) is 1. The second-order valence-corrected chi connectivity index (χ2v) is 6.63. The molecule has 144 valence electrons. The van der Waals surface area contributed by atoms with E-state index in [-0.39, 0.29) is 17.4 Å². The number of amides is 1. The van der Waals surface area contributed by atoms with Crippen molar-refractivity contribution in [3.05, 3.63) is 58.7 Å². The number of carbonyl (C=O) groups is 1. The molecule has 0 fully saturated rings. The number of carbonyl (C=O) groups excluding carboxylic acids is 1. The van der Waals surface area contributed by atoms with E-state index in [0.29, 0.717) is 48.4 Å². The summed E-state index contributed by atoms with van der Waals surface area (Å²) in [7, 11) is 0. The molecule has 1 aliphatic rings. The Morgan fingerprint density at radius 1 is 1.14 bits per heavy atom. The number of nitrogens with two attached hydrogens (primary N) is 1. The summed E-state index contributed by atoms with van der Waals surface area (Å²) in [6.45, 7) is 1.43. The standard InChI is InChI=1S/C19H18ClN5O3/c20-13-3-1-12(2-4-13)7-8-22-19(26)17-18(21)25(24-23-17)14-5-6-15-16(11-14)28-10-9-27-15/h1-6,11H,7-10,21H2,(H,22,26). The van der Waals surface area contributed by atoms with Gasteiger partial charge in [-0.3, -0.25) is 4.79 Å². The highest BCUT2D eigenvalue weighted by atomic mass is 35.5. The molecule has 3 N–H and O–H groups in total. The number of hydrogen-bond donors (Lipinski definition) is 2. The highest BCUT2D eigenvalue weighted by molar-refractivity contribution is 6.30. The van der Waals surface area contributed by atoms with Crippen molar-refractivity contribution < 1.29 is 14.3 Å². The minimum atomic E-state index is -0.379. The maximum atomic E-state index is 12.4. The summed E-state index contributed by atoms with van der Waals surface area (Å²) in [5.41, 5.74) is 7.88. The van der Waals surface area contributed by atoms with Crippen LogP contribution >= 0.6 is 11.6 Å². The second kappa shape index (κ2) is 7.77. The van der Waals surface area contributed by atoms with Crippen LogP contribution in [0.4, 0.5) is 5.82 Å². The molecular formula is C19H18ClN5O3. The number of nitrogens with zero attached hydrogens (tertiary/aromatic N) is 3. The predicted octanol–water partition coefficient (Wildman–Crippen LogP) is 2.25. The van der Waals surface area contributed by atoms with Crippen molar-refractivity contribution in [3.63, 3.8) is 0 Å². The molecule has 0 saturated heterocycles. The molecule has 0 aliphatic carbocycles. The largest absolute Gasteiger partial charge is 0.486 e. The van der Waals surface area contributed by atoms with Crippen LogP contribution in [0.15, 0.2) is 42.5 Å². The fourth-order valence-corrected chi connectivity index (χ4v) is 2.99. The average molecular weight is 400 g/mol. The number of halogens is 1. The van der Waals surface area contributed by atoms with Crippen LogP contribution in [0.3, 0.4) is 0 Å².